The first kappa shape index (κ1) is 21.5. The minimum Gasteiger partial charge on any atom is -0.497 e. The number of nitrogens with zero attached hydrogens (tertiary/aromatic N) is 4. The number of fused-ring (bicyclic) bond motifs is 2. The highest BCUT2D eigenvalue weighted by Gasteiger charge is 2.18. The summed E-state index contributed by atoms with van der Waals surface area (Å²) in [6, 6.07) is 20.4. The highest BCUT2D eigenvalue weighted by molar-refractivity contribution is 5.95. The van der Waals surface area contributed by atoms with E-state index in [1.54, 1.807) is 18.0 Å². The molecule has 0 bridgehead atoms. The lowest BCUT2D eigenvalue weighted by atomic mass is 10.1. The minimum atomic E-state index is 0.00781. The van der Waals surface area contributed by atoms with Gasteiger partial charge in [-0.15, -0.1) is 0 Å². The molecule has 0 atom stereocenters. The second kappa shape index (κ2) is 9.63. The maximum atomic E-state index is 12.6. The smallest absolute Gasteiger partial charge is 0.274 e. The van der Waals surface area contributed by atoms with Gasteiger partial charge in [-0.3, -0.25) is 9.69 Å². The summed E-state index contributed by atoms with van der Waals surface area (Å²) in [6.45, 7) is 5.86. The van der Waals surface area contributed by atoms with Crippen molar-refractivity contribution in [2.24, 2.45) is 0 Å². The number of rotatable bonds is 7. The Morgan fingerprint density at radius 3 is 2.48 bits per heavy atom. The zero-order valence-electron chi connectivity index (χ0n) is 19.1. The van der Waals surface area contributed by atoms with Crippen molar-refractivity contribution >= 4 is 27.2 Å². The molecule has 5 rings (SSSR count). The molecule has 6 nitrogen and oxygen atoms in total. The van der Waals surface area contributed by atoms with Crippen molar-refractivity contribution in [3.8, 4) is 5.75 Å². The molecule has 1 aromatic heterocycles. The van der Waals surface area contributed by atoms with Crippen LogP contribution in [0.4, 0.5) is 5.69 Å². The average molecular weight is 443 g/mol. The lowest BCUT2D eigenvalue weighted by Gasteiger charge is -2.36. The quantitative estimate of drug-likeness (QED) is 0.402. The number of anilines is 1. The van der Waals surface area contributed by atoms with Gasteiger partial charge in [-0.2, -0.15) is 5.10 Å². The van der Waals surface area contributed by atoms with E-state index in [1.807, 2.05) is 30.3 Å². The Hall–Kier alpha value is -3.38. The van der Waals surface area contributed by atoms with Gasteiger partial charge in [0.2, 0.25) is 0 Å². The van der Waals surface area contributed by atoms with Gasteiger partial charge in [0.15, 0.2) is 0 Å². The summed E-state index contributed by atoms with van der Waals surface area (Å²) in [5.41, 5.74) is 1.29. The van der Waals surface area contributed by atoms with Crippen LogP contribution in [0.15, 0.2) is 71.7 Å². The Labute approximate surface area is 194 Å². The Morgan fingerprint density at radius 2 is 1.64 bits per heavy atom. The Balaban J connectivity index is 1.14. The molecule has 1 aliphatic heterocycles. The zero-order chi connectivity index (χ0) is 22.6. The van der Waals surface area contributed by atoms with Crippen molar-refractivity contribution in [3.63, 3.8) is 0 Å². The molecule has 0 N–H and O–H groups in total. The third-order valence-corrected chi connectivity index (χ3v) is 6.64. The van der Waals surface area contributed by atoms with E-state index < -0.39 is 0 Å². The van der Waals surface area contributed by atoms with Gasteiger partial charge in [0.1, 0.15) is 5.75 Å². The SMILES string of the molecule is COc1ccc2cccc(N3CCN(CCCCn4ncc5ccccc5c4=O)CC3)c2c1. The molecule has 1 aliphatic rings. The fourth-order valence-corrected chi connectivity index (χ4v) is 4.73. The molecule has 6 heteroatoms. The van der Waals surface area contributed by atoms with Crippen LogP contribution in [0, 0.1) is 0 Å². The van der Waals surface area contributed by atoms with Crippen molar-refractivity contribution < 1.29 is 4.74 Å². The maximum absolute atomic E-state index is 12.6. The Morgan fingerprint density at radius 1 is 0.848 bits per heavy atom. The monoisotopic (exact) mass is 442 g/mol. The number of piperazine rings is 1. The molecule has 0 aliphatic carbocycles. The highest BCUT2D eigenvalue weighted by Crippen LogP contribution is 2.30. The molecule has 2 heterocycles. The number of aryl methyl sites for hydroxylation is 1. The first-order valence-corrected chi connectivity index (χ1v) is 11.7. The summed E-state index contributed by atoms with van der Waals surface area (Å²) in [4.78, 5) is 17.6. The summed E-state index contributed by atoms with van der Waals surface area (Å²) in [7, 11) is 1.72. The highest BCUT2D eigenvalue weighted by atomic mass is 16.5. The Bertz CT molecular complexity index is 1310. The summed E-state index contributed by atoms with van der Waals surface area (Å²) in [5.74, 6) is 0.897. The first-order chi connectivity index (χ1) is 16.2. The molecule has 0 unspecified atom stereocenters. The molecular formula is C27H30N4O2. The largest absolute Gasteiger partial charge is 0.497 e. The lowest BCUT2D eigenvalue weighted by molar-refractivity contribution is 0.250. The maximum Gasteiger partial charge on any atom is 0.274 e. The van der Waals surface area contributed by atoms with Crippen LogP contribution in [0.3, 0.4) is 0 Å². The van der Waals surface area contributed by atoms with Crippen LogP contribution in [-0.4, -0.2) is 54.5 Å². The lowest BCUT2D eigenvalue weighted by Crippen LogP contribution is -2.46. The van der Waals surface area contributed by atoms with Gasteiger partial charge in [0, 0.05) is 49.2 Å². The topological polar surface area (TPSA) is 50.6 Å². The number of hydrogen-bond acceptors (Lipinski definition) is 5. The summed E-state index contributed by atoms with van der Waals surface area (Å²) in [5, 5.41) is 8.49. The van der Waals surface area contributed by atoms with Gasteiger partial charge < -0.3 is 9.64 Å². The van der Waals surface area contributed by atoms with E-state index in [9.17, 15) is 4.79 Å². The summed E-state index contributed by atoms with van der Waals surface area (Å²) < 4.78 is 7.05. The summed E-state index contributed by atoms with van der Waals surface area (Å²) >= 11 is 0. The second-order valence-electron chi connectivity index (χ2n) is 8.66. The van der Waals surface area contributed by atoms with Gasteiger partial charge in [0.25, 0.3) is 5.56 Å². The number of methoxy groups -OCH3 is 1. The third-order valence-electron chi connectivity index (χ3n) is 6.64. The third kappa shape index (κ3) is 4.57. The second-order valence-corrected chi connectivity index (χ2v) is 8.66. The van der Waals surface area contributed by atoms with Crippen LogP contribution in [-0.2, 0) is 6.54 Å². The number of unbranched alkanes of at least 4 members (excludes halogenated alkanes) is 1. The average Bonchev–Trinajstić information content (AvgIpc) is 2.87. The molecule has 33 heavy (non-hydrogen) atoms. The summed E-state index contributed by atoms with van der Waals surface area (Å²) in [6.07, 6.45) is 3.81. The van der Waals surface area contributed by atoms with Crippen LogP contribution in [0.5, 0.6) is 5.75 Å². The number of benzene rings is 3. The Kier molecular flexibility index (Phi) is 6.26. The van der Waals surface area contributed by atoms with Crippen LogP contribution < -0.4 is 15.2 Å². The number of ether oxygens (including phenoxy) is 1. The fourth-order valence-electron chi connectivity index (χ4n) is 4.73. The van der Waals surface area contributed by atoms with Crippen LogP contribution in [0.25, 0.3) is 21.5 Å². The van der Waals surface area contributed by atoms with Gasteiger partial charge in [-0.25, -0.2) is 4.68 Å². The van der Waals surface area contributed by atoms with E-state index in [-0.39, 0.29) is 5.56 Å². The van der Waals surface area contributed by atoms with Crippen molar-refractivity contribution in [2.45, 2.75) is 19.4 Å². The molecule has 3 aromatic carbocycles. The van der Waals surface area contributed by atoms with E-state index >= 15 is 0 Å². The molecule has 0 spiro atoms. The van der Waals surface area contributed by atoms with Crippen molar-refractivity contribution in [3.05, 3.63) is 77.2 Å². The number of aromatic nitrogens is 2. The van der Waals surface area contributed by atoms with Crippen molar-refractivity contribution in [2.75, 3.05) is 44.7 Å². The molecule has 1 saturated heterocycles. The van der Waals surface area contributed by atoms with Crippen molar-refractivity contribution in [1.82, 2.24) is 14.7 Å². The van der Waals surface area contributed by atoms with E-state index in [0.29, 0.717) is 6.54 Å². The normalized spacial score (nSPS) is 14.8. The van der Waals surface area contributed by atoms with Gasteiger partial charge in [0.05, 0.1) is 18.7 Å². The van der Waals surface area contributed by atoms with Gasteiger partial charge in [-0.1, -0.05) is 36.4 Å². The van der Waals surface area contributed by atoms with Gasteiger partial charge in [-0.05, 0) is 49.0 Å². The van der Waals surface area contributed by atoms with Crippen LogP contribution in [0.1, 0.15) is 12.8 Å². The standard InChI is InChI=1S/C27H30N4O2/c1-33-23-12-11-21-8-6-10-26(25(21)19-23)30-17-15-29(16-18-30)13-4-5-14-31-27(32)24-9-3-2-7-22(24)20-28-31/h2-3,6-12,19-20H,4-5,13-18H2,1H3. The molecule has 170 valence electrons. The van der Waals surface area contributed by atoms with E-state index in [2.05, 4.69) is 45.2 Å². The fraction of sp³-hybridized carbons (Fsp3) is 0.333. The van der Waals surface area contributed by atoms with Crippen LogP contribution in [0.2, 0.25) is 0 Å². The molecule has 0 saturated carbocycles. The minimum absolute atomic E-state index is 0.00781. The predicted molar refractivity (Wildman–Crippen MR) is 134 cm³/mol. The zero-order valence-corrected chi connectivity index (χ0v) is 19.1. The van der Waals surface area contributed by atoms with Crippen LogP contribution >= 0.6 is 0 Å². The van der Waals surface area contributed by atoms with E-state index in [4.69, 9.17) is 4.74 Å². The van der Waals surface area contributed by atoms with E-state index in [0.717, 1.165) is 62.1 Å². The van der Waals surface area contributed by atoms with Gasteiger partial charge >= 0.3 is 0 Å². The van der Waals surface area contributed by atoms with Crippen molar-refractivity contribution in [1.29, 1.82) is 0 Å². The number of hydrogen-bond donors (Lipinski definition) is 0. The molecule has 1 fully saturated rings. The molecule has 4 aromatic rings. The molecule has 0 amide bonds. The molecule has 0 radical (unpaired) electrons. The predicted octanol–water partition coefficient (Wildman–Crippen LogP) is 4.16. The van der Waals surface area contributed by atoms with E-state index in [1.165, 1.54) is 16.5 Å². The first-order valence-electron chi connectivity index (χ1n) is 11.7. The molecular weight excluding hydrogens is 412 g/mol.